The maximum atomic E-state index is 9.39. The van der Waals surface area contributed by atoms with Crippen LogP contribution < -0.4 is 5.32 Å². The zero-order valence-electron chi connectivity index (χ0n) is 12.3. The first-order valence-electron chi connectivity index (χ1n) is 6.91. The predicted molar refractivity (Wildman–Crippen MR) is 98.4 cm³/mol. The van der Waals surface area contributed by atoms with Crippen LogP contribution >= 0.6 is 22.6 Å². The molecule has 0 atom stereocenters. The molecular formula is C18H14IN3. The van der Waals surface area contributed by atoms with E-state index in [2.05, 4.69) is 52.0 Å². The van der Waals surface area contributed by atoms with Gasteiger partial charge in [0, 0.05) is 14.6 Å². The van der Waals surface area contributed by atoms with Crippen molar-refractivity contribution in [1.82, 2.24) is 4.98 Å². The minimum atomic E-state index is 0.550. The van der Waals surface area contributed by atoms with Crippen LogP contribution in [0.5, 0.6) is 0 Å². The molecule has 0 unspecified atom stereocenters. The van der Waals surface area contributed by atoms with Crippen molar-refractivity contribution in [3.05, 3.63) is 62.7 Å². The maximum Gasteiger partial charge on any atom is 0.149 e. The second-order valence-corrected chi connectivity index (χ2v) is 6.52. The molecule has 3 aromatic rings. The van der Waals surface area contributed by atoms with Crippen LogP contribution in [-0.2, 0) is 0 Å². The van der Waals surface area contributed by atoms with Gasteiger partial charge in [0.2, 0.25) is 0 Å². The Hall–Kier alpha value is -2.13. The first-order chi connectivity index (χ1) is 10.6. The van der Waals surface area contributed by atoms with E-state index < -0.39 is 0 Å². The van der Waals surface area contributed by atoms with Crippen LogP contribution in [0.15, 0.2) is 42.5 Å². The van der Waals surface area contributed by atoms with Crippen molar-refractivity contribution in [2.75, 3.05) is 5.32 Å². The van der Waals surface area contributed by atoms with Crippen LogP contribution in [0.25, 0.3) is 10.9 Å². The fourth-order valence-corrected chi connectivity index (χ4v) is 2.88. The number of nitrogens with zero attached hydrogens (tertiary/aromatic N) is 2. The topological polar surface area (TPSA) is 48.7 Å². The highest BCUT2D eigenvalue weighted by atomic mass is 127. The van der Waals surface area contributed by atoms with E-state index in [0.717, 1.165) is 25.7 Å². The van der Waals surface area contributed by atoms with Gasteiger partial charge in [-0.2, -0.15) is 5.26 Å². The molecule has 1 heterocycles. The summed E-state index contributed by atoms with van der Waals surface area (Å²) in [6, 6.07) is 16.3. The number of pyridine rings is 1. The summed E-state index contributed by atoms with van der Waals surface area (Å²) in [5, 5.41) is 13.7. The number of rotatable bonds is 2. The minimum Gasteiger partial charge on any atom is -0.339 e. The number of aromatic nitrogens is 1. The second kappa shape index (κ2) is 5.93. The van der Waals surface area contributed by atoms with Gasteiger partial charge in [-0.3, -0.25) is 0 Å². The van der Waals surface area contributed by atoms with Gasteiger partial charge < -0.3 is 5.32 Å². The minimum absolute atomic E-state index is 0.550. The summed E-state index contributed by atoms with van der Waals surface area (Å²) in [5.41, 5.74) is 4.75. The third kappa shape index (κ3) is 2.90. The molecule has 1 N–H and O–H groups in total. The van der Waals surface area contributed by atoms with Crippen molar-refractivity contribution in [1.29, 1.82) is 5.26 Å². The van der Waals surface area contributed by atoms with Gasteiger partial charge in [0.25, 0.3) is 0 Å². The Balaban J connectivity index is 2.11. The Morgan fingerprint density at radius 3 is 2.64 bits per heavy atom. The van der Waals surface area contributed by atoms with Crippen LogP contribution in [-0.4, -0.2) is 4.98 Å². The predicted octanol–water partition coefficient (Wildman–Crippen LogP) is 5.07. The van der Waals surface area contributed by atoms with E-state index in [1.807, 2.05) is 43.3 Å². The van der Waals surface area contributed by atoms with Gasteiger partial charge in [-0.15, -0.1) is 0 Å². The van der Waals surface area contributed by atoms with Gasteiger partial charge in [-0.1, -0.05) is 23.8 Å². The van der Waals surface area contributed by atoms with Crippen molar-refractivity contribution < 1.29 is 0 Å². The van der Waals surface area contributed by atoms with E-state index in [4.69, 9.17) is 0 Å². The summed E-state index contributed by atoms with van der Waals surface area (Å²) < 4.78 is 1.12. The third-order valence-electron chi connectivity index (χ3n) is 3.54. The van der Waals surface area contributed by atoms with Crippen LogP contribution in [0.4, 0.5) is 11.5 Å². The highest BCUT2D eigenvalue weighted by Gasteiger charge is 2.09. The molecule has 0 radical (unpaired) electrons. The highest BCUT2D eigenvalue weighted by Crippen LogP contribution is 2.26. The van der Waals surface area contributed by atoms with Gasteiger partial charge in [0.1, 0.15) is 11.9 Å². The Morgan fingerprint density at radius 2 is 1.91 bits per heavy atom. The number of hydrogen-bond acceptors (Lipinski definition) is 3. The van der Waals surface area contributed by atoms with Crippen LogP contribution in [0.2, 0.25) is 0 Å². The molecule has 0 fully saturated rings. The lowest BCUT2D eigenvalue weighted by atomic mass is 10.1. The number of anilines is 2. The molecule has 0 spiro atoms. The fraction of sp³-hybridized carbons (Fsp3) is 0.111. The molecule has 2 aromatic carbocycles. The number of nitriles is 1. The smallest absolute Gasteiger partial charge is 0.149 e. The number of hydrogen-bond donors (Lipinski definition) is 1. The van der Waals surface area contributed by atoms with Crippen molar-refractivity contribution in [2.45, 2.75) is 13.8 Å². The van der Waals surface area contributed by atoms with E-state index in [-0.39, 0.29) is 0 Å². The second-order valence-electron chi connectivity index (χ2n) is 5.28. The molecule has 0 aliphatic heterocycles. The largest absolute Gasteiger partial charge is 0.339 e. The number of benzene rings is 2. The van der Waals surface area contributed by atoms with Crippen molar-refractivity contribution in [2.24, 2.45) is 0 Å². The molecule has 0 saturated carbocycles. The molecule has 0 amide bonds. The standard InChI is InChI=1S/C18H14IN3/c1-11-3-6-16(12(2)7-11)21-18-14(10-20)8-13-4-5-15(19)9-17(13)22-18/h3-9H,1-2H3,(H,21,22). The van der Waals surface area contributed by atoms with Gasteiger partial charge in [-0.25, -0.2) is 4.98 Å². The van der Waals surface area contributed by atoms with Crippen LogP contribution in [0, 0.1) is 28.7 Å². The Labute approximate surface area is 143 Å². The summed E-state index contributed by atoms with van der Waals surface area (Å²) in [6.07, 6.45) is 0. The lowest BCUT2D eigenvalue weighted by Crippen LogP contribution is -1.99. The molecule has 0 saturated heterocycles. The molecule has 0 bridgehead atoms. The summed E-state index contributed by atoms with van der Waals surface area (Å²) in [6.45, 7) is 4.11. The average Bonchev–Trinajstić information content (AvgIpc) is 2.49. The van der Waals surface area contributed by atoms with Crippen LogP contribution in [0.3, 0.4) is 0 Å². The molecule has 0 aliphatic carbocycles. The summed E-state index contributed by atoms with van der Waals surface area (Å²) in [5.74, 6) is 0.601. The van der Waals surface area contributed by atoms with Crippen molar-refractivity contribution >= 4 is 45.0 Å². The Bertz CT molecular complexity index is 910. The molecule has 3 nitrogen and oxygen atoms in total. The SMILES string of the molecule is Cc1ccc(Nc2nc3cc(I)ccc3cc2C#N)c(C)c1. The molecule has 1 aromatic heterocycles. The van der Waals surface area contributed by atoms with E-state index in [1.165, 1.54) is 5.56 Å². The summed E-state index contributed by atoms with van der Waals surface area (Å²) in [7, 11) is 0. The molecule has 22 heavy (non-hydrogen) atoms. The van der Waals surface area contributed by atoms with Crippen molar-refractivity contribution in [3.63, 3.8) is 0 Å². The highest BCUT2D eigenvalue weighted by molar-refractivity contribution is 14.1. The normalized spacial score (nSPS) is 10.5. The lowest BCUT2D eigenvalue weighted by molar-refractivity contribution is 1.31. The first-order valence-corrected chi connectivity index (χ1v) is 7.99. The van der Waals surface area contributed by atoms with E-state index in [9.17, 15) is 5.26 Å². The molecule has 0 aliphatic rings. The average molecular weight is 399 g/mol. The summed E-state index contributed by atoms with van der Waals surface area (Å²) >= 11 is 2.26. The van der Waals surface area contributed by atoms with Gasteiger partial charge >= 0.3 is 0 Å². The number of halogens is 1. The molecule has 3 rings (SSSR count). The zero-order valence-corrected chi connectivity index (χ0v) is 14.5. The van der Waals surface area contributed by atoms with Gasteiger partial charge in [0.05, 0.1) is 11.1 Å². The van der Waals surface area contributed by atoms with Gasteiger partial charge in [-0.05, 0) is 66.3 Å². The van der Waals surface area contributed by atoms with E-state index in [0.29, 0.717) is 11.4 Å². The van der Waals surface area contributed by atoms with Crippen LogP contribution in [0.1, 0.15) is 16.7 Å². The van der Waals surface area contributed by atoms with E-state index >= 15 is 0 Å². The van der Waals surface area contributed by atoms with Gasteiger partial charge in [0.15, 0.2) is 0 Å². The monoisotopic (exact) mass is 399 g/mol. The molecule has 4 heteroatoms. The molecule has 108 valence electrons. The third-order valence-corrected chi connectivity index (χ3v) is 4.21. The van der Waals surface area contributed by atoms with Crippen molar-refractivity contribution in [3.8, 4) is 6.07 Å². The first kappa shape index (κ1) is 14.8. The summed E-state index contributed by atoms with van der Waals surface area (Å²) in [4.78, 5) is 4.63. The maximum absolute atomic E-state index is 9.39. The number of fused-ring (bicyclic) bond motifs is 1. The number of aryl methyl sites for hydroxylation is 2. The fourth-order valence-electron chi connectivity index (χ4n) is 2.40. The quantitative estimate of drug-likeness (QED) is 0.612. The zero-order chi connectivity index (χ0) is 15.7. The lowest BCUT2D eigenvalue weighted by Gasteiger charge is -2.12. The Morgan fingerprint density at radius 1 is 1.09 bits per heavy atom. The Kier molecular flexibility index (Phi) is 3.99. The van der Waals surface area contributed by atoms with E-state index in [1.54, 1.807) is 0 Å². The molecular weight excluding hydrogens is 385 g/mol. The number of nitrogens with one attached hydrogen (secondary N) is 1.